The van der Waals surface area contributed by atoms with Gasteiger partial charge in [0.25, 0.3) is 0 Å². The van der Waals surface area contributed by atoms with E-state index in [2.05, 4.69) is 26.3 Å². The number of hydrogen-bond acceptors (Lipinski definition) is 3. The van der Waals surface area contributed by atoms with Crippen LogP contribution in [-0.2, 0) is 0 Å². The predicted molar refractivity (Wildman–Crippen MR) is 67.5 cm³/mol. The third-order valence-electron chi connectivity index (χ3n) is 2.51. The van der Waals surface area contributed by atoms with Gasteiger partial charge in [-0.15, -0.1) is 0 Å². The van der Waals surface area contributed by atoms with Crippen molar-refractivity contribution in [2.75, 3.05) is 0 Å². The Kier molecular flexibility index (Phi) is 4.00. The molecular formula is C12H10BrF2N3. The maximum absolute atomic E-state index is 13.7. The summed E-state index contributed by atoms with van der Waals surface area (Å²) in [7, 11) is 0. The van der Waals surface area contributed by atoms with Gasteiger partial charge in [-0.3, -0.25) is 10.8 Å². The molecule has 2 aromatic rings. The standard InChI is InChI=1S/C12H10BrF2N3/c13-7-4-5-10(17-6-7)12(18-16)8-2-1-3-9(14)11(8)15/h1-6,12,18H,16H2. The van der Waals surface area contributed by atoms with Gasteiger partial charge in [0.05, 0.1) is 11.7 Å². The van der Waals surface area contributed by atoms with Gasteiger partial charge in [-0.2, -0.15) is 0 Å². The highest BCUT2D eigenvalue weighted by molar-refractivity contribution is 9.10. The number of hydrogen-bond donors (Lipinski definition) is 2. The molecule has 1 unspecified atom stereocenters. The SMILES string of the molecule is NNC(c1ccc(Br)cn1)c1cccc(F)c1F. The fraction of sp³-hybridized carbons (Fsp3) is 0.0833. The Morgan fingerprint density at radius 1 is 1.22 bits per heavy atom. The molecule has 1 aromatic carbocycles. The third kappa shape index (κ3) is 2.55. The zero-order chi connectivity index (χ0) is 13.1. The molecule has 0 fully saturated rings. The Hall–Kier alpha value is -1.37. The van der Waals surface area contributed by atoms with Crippen molar-refractivity contribution in [3.05, 3.63) is 63.9 Å². The molecule has 0 saturated carbocycles. The summed E-state index contributed by atoms with van der Waals surface area (Å²) in [4.78, 5) is 4.12. The third-order valence-corrected chi connectivity index (χ3v) is 2.97. The van der Waals surface area contributed by atoms with Crippen LogP contribution in [0.25, 0.3) is 0 Å². The van der Waals surface area contributed by atoms with Crippen LogP contribution >= 0.6 is 15.9 Å². The lowest BCUT2D eigenvalue weighted by Gasteiger charge is -2.16. The highest BCUT2D eigenvalue weighted by Crippen LogP contribution is 2.24. The molecule has 0 aliphatic rings. The summed E-state index contributed by atoms with van der Waals surface area (Å²) >= 11 is 3.25. The fourth-order valence-corrected chi connectivity index (χ4v) is 1.87. The Morgan fingerprint density at radius 2 is 2.00 bits per heavy atom. The molecule has 1 heterocycles. The van der Waals surface area contributed by atoms with Gasteiger partial charge in [-0.1, -0.05) is 12.1 Å². The Morgan fingerprint density at radius 3 is 2.61 bits per heavy atom. The molecule has 0 spiro atoms. The van der Waals surface area contributed by atoms with Crippen molar-refractivity contribution in [1.82, 2.24) is 10.4 Å². The first-order valence-electron chi connectivity index (χ1n) is 5.15. The predicted octanol–water partition coefficient (Wildman–Crippen LogP) is 2.68. The molecule has 0 amide bonds. The number of nitrogens with two attached hydrogens (primary N) is 1. The summed E-state index contributed by atoms with van der Waals surface area (Å²) in [5.74, 6) is 3.57. The Balaban J connectivity index is 2.45. The number of halogens is 3. The Bertz CT molecular complexity index is 546. The lowest BCUT2D eigenvalue weighted by molar-refractivity contribution is 0.481. The van der Waals surface area contributed by atoms with Gasteiger partial charge in [0.1, 0.15) is 0 Å². The van der Waals surface area contributed by atoms with Gasteiger partial charge in [0.2, 0.25) is 0 Å². The topological polar surface area (TPSA) is 50.9 Å². The number of nitrogens with one attached hydrogen (secondary N) is 1. The molecule has 1 atom stereocenters. The van der Waals surface area contributed by atoms with Crippen LogP contribution in [0.3, 0.4) is 0 Å². The van der Waals surface area contributed by atoms with E-state index in [4.69, 9.17) is 5.84 Å². The average molecular weight is 314 g/mol. The maximum Gasteiger partial charge on any atom is 0.164 e. The molecule has 18 heavy (non-hydrogen) atoms. The molecule has 6 heteroatoms. The largest absolute Gasteiger partial charge is 0.271 e. The van der Waals surface area contributed by atoms with E-state index in [1.807, 2.05) is 0 Å². The lowest BCUT2D eigenvalue weighted by Crippen LogP contribution is -2.30. The minimum Gasteiger partial charge on any atom is -0.271 e. The van der Waals surface area contributed by atoms with E-state index in [9.17, 15) is 8.78 Å². The van der Waals surface area contributed by atoms with E-state index < -0.39 is 17.7 Å². The number of nitrogens with zero attached hydrogens (tertiary/aromatic N) is 1. The molecule has 0 saturated heterocycles. The molecule has 0 aliphatic carbocycles. The highest BCUT2D eigenvalue weighted by Gasteiger charge is 2.19. The van der Waals surface area contributed by atoms with Crippen LogP contribution in [0, 0.1) is 11.6 Å². The quantitative estimate of drug-likeness (QED) is 0.676. The minimum absolute atomic E-state index is 0.118. The van der Waals surface area contributed by atoms with Gasteiger partial charge in [0.15, 0.2) is 11.6 Å². The zero-order valence-electron chi connectivity index (χ0n) is 9.20. The molecule has 0 radical (unpaired) electrons. The summed E-state index contributed by atoms with van der Waals surface area (Å²) in [6.45, 7) is 0. The van der Waals surface area contributed by atoms with Crippen LogP contribution in [0.15, 0.2) is 41.0 Å². The average Bonchev–Trinajstić information content (AvgIpc) is 2.37. The summed E-state index contributed by atoms with van der Waals surface area (Å²) in [5.41, 5.74) is 3.06. The van der Waals surface area contributed by atoms with E-state index in [-0.39, 0.29) is 5.56 Å². The monoisotopic (exact) mass is 313 g/mol. The van der Waals surface area contributed by atoms with Crippen molar-refractivity contribution >= 4 is 15.9 Å². The lowest BCUT2D eigenvalue weighted by atomic mass is 10.0. The summed E-state index contributed by atoms with van der Waals surface area (Å²) in [6.07, 6.45) is 1.57. The van der Waals surface area contributed by atoms with Crippen molar-refractivity contribution in [1.29, 1.82) is 0 Å². The number of hydrazine groups is 1. The van der Waals surface area contributed by atoms with E-state index in [1.54, 1.807) is 18.3 Å². The molecule has 3 nitrogen and oxygen atoms in total. The molecule has 0 aliphatic heterocycles. The van der Waals surface area contributed by atoms with Gasteiger partial charge in [-0.05, 0) is 34.1 Å². The van der Waals surface area contributed by atoms with Crippen molar-refractivity contribution in [2.45, 2.75) is 6.04 Å². The van der Waals surface area contributed by atoms with Crippen molar-refractivity contribution in [3.8, 4) is 0 Å². The zero-order valence-corrected chi connectivity index (χ0v) is 10.8. The van der Waals surface area contributed by atoms with Crippen molar-refractivity contribution < 1.29 is 8.78 Å². The summed E-state index contributed by atoms with van der Waals surface area (Å²) in [6, 6.07) is 6.68. The van der Waals surface area contributed by atoms with Crippen LogP contribution in [0.5, 0.6) is 0 Å². The number of benzene rings is 1. The van der Waals surface area contributed by atoms with E-state index in [1.165, 1.54) is 12.1 Å². The molecule has 2 rings (SSSR count). The fourth-order valence-electron chi connectivity index (χ4n) is 1.64. The number of pyridine rings is 1. The molecule has 94 valence electrons. The van der Waals surface area contributed by atoms with Crippen LogP contribution < -0.4 is 11.3 Å². The first-order valence-corrected chi connectivity index (χ1v) is 5.94. The number of aromatic nitrogens is 1. The first kappa shape index (κ1) is 13.1. The van der Waals surface area contributed by atoms with Gasteiger partial charge >= 0.3 is 0 Å². The smallest absolute Gasteiger partial charge is 0.164 e. The van der Waals surface area contributed by atoms with Gasteiger partial charge in [0, 0.05) is 16.2 Å². The van der Waals surface area contributed by atoms with E-state index >= 15 is 0 Å². The summed E-state index contributed by atoms with van der Waals surface area (Å²) < 4.78 is 27.7. The van der Waals surface area contributed by atoms with E-state index in [0.717, 1.165) is 10.5 Å². The second-order valence-corrected chi connectivity index (χ2v) is 4.56. The highest BCUT2D eigenvalue weighted by atomic mass is 79.9. The summed E-state index contributed by atoms with van der Waals surface area (Å²) in [5, 5.41) is 0. The van der Waals surface area contributed by atoms with Crippen molar-refractivity contribution in [3.63, 3.8) is 0 Å². The molecular weight excluding hydrogens is 304 g/mol. The van der Waals surface area contributed by atoms with Crippen LogP contribution in [0.4, 0.5) is 8.78 Å². The second kappa shape index (κ2) is 5.51. The van der Waals surface area contributed by atoms with Crippen LogP contribution in [0.1, 0.15) is 17.3 Å². The number of rotatable bonds is 3. The van der Waals surface area contributed by atoms with E-state index in [0.29, 0.717) is 5.69 Å². The van der Waals surface area contributed by atoms with Crippen LogP contribution in [0.2, 0.25) is 0 Å². The minimum atomic E-state index is -0.926. The normalized spacial score (nSPS) is 12.4. The molecule has 0 bridgehead atoms. The second-order valence-electron chi connectivity index (χ2n) is 3.64. The Labute approximate surface area is 111 Å². The first-order chi connectivity index (χ1) is 8.63. The maximum atomic E-state index is 13.7. The van der Waals surface area contributed by atoms with Crippen LogP contribution in [-0.4, -0.2) is 4.98 Å². The van der Waals surface area contributed by atoms with Crippen molar-refractivity contribution in [2.24, 2.45) is 5.84 Å². The van der Waals surface area contributed by atoms with Gasteiger partial charge in [-0.25, -0.2) is 14.2 Å². The molecule has 3 N–H and O–H groups in total. The molecule has 1 aromatic heterocycles. The van der Waals surface area contributed by atoms with Gasteiger partial charge < -0.3 is 0 Å².